The number of fused-ring (bicyclic) bond motifs is 1. The summed E-state index contributed by atoms with van der Waals surface area (Å²) >= 11 is 1.27. The predicted octanol–water partition coefficient (Wildman–Crippen LogP) is 1.62. The highest BCUT2D eigenvalue weighted by atomic mass is 32.1. The molecule has 148 valence electrons. The molecule has 0 radical (unpaired) electrons. The molecule has 0 saturated heterocycles. The summed E-state index contributed by atoms with van der Waals surface area (Å²) in [6.07, 6.45) is 1.68. The van der Waals surface area contributed by atoms with Crippen LogP contribution in [0.5, 0.6) is 0 Å². The number of carbonyl (C=O) groups is 1. The Morgan fingerprint density at radius 2 is 1.93 bits per heavy atom. The van der Waals surface area contributed by atoms with Crippen molar-refractivity contribution in [1.29, 1.82) is 0 Å². The first-order chi connectivity index (χ1) is 13.6. The van der Waals surface area contributed by atoms with Crippen LogP contribution in [0.4, 0.5) is 0 Å². The van der Waals surface area contributed by atoms with E-state index in [1.54, 1.807) is 11.4 Å². The molecule has 1 amide bonds. The monoisotopic (exact) mass is 401 g/mol. The third-order valence-corrected chi connectivity index (χ3v) is 5.36. The minimum absolute atomic E-state index is 0.120. The van der Waals surface area contributed by atoms with Crippen LogP contribution >= 0.6 is 11.3 Å². The van der Waals surface area contributed by atoms with Crippen molar-refractivity contribution in [2.45, 2.75) is 25.9 Å². The van der Waals surface area contributed by atoms with Crippen molar-refractivity contribution in [2.24, 2.45) is 0 Å². The third kappa shape index (κ3) is 4.58. The first kappa shape index (κ1) is 20.0. The summed E-state index contributed by atoms with van der Waals surface area (Å²) in [4.78, 5) is 37.6. The summed E-state index contributed by atoms with van der Waals surface area (Å²) < 4.78 is 7.94. The van der Waals surface area contributed by atoms with Gasteiger partial charge in [0, 0.05) is 13.7 Å². The molecule has 1 aromatic carbocycles. The van der Waals surface area contributed by atoms with Gasteiger partial charge in [0.15, 0.2) is 0 Å². The lowest BCUT2D eigenvalue weighted by atomic mass is 10.1. The molecule has 0 spiro atoms. The number of benzene rings is 1. The lowest BCUT2D eigenvalue weighted by Crippen LogP contribution is -2.43. The number of hydrogen-bond acceptors (Lipinski definition) is 5. The number of hydrogen-bond donors (Lipinski definition) is 1. The number of aryl methyl sites for hydroxylation is 1. The molecule has 3 aromatic rings. The van der Waals surface area contributed by atoms with E-state index in [0.29, 0.717) is 16.8 Å². The molecule has 0 aliphatic heterocycles. The lowest BCUT2D eigenvalue weighted by molar-refractivity contribution is -0.121. The average Bonchev–Trinajstić information content (AvgIpc) is 3.19. The number of nitrogens with zero attached hydrogens (tertiary/aromatic N) is 2. The van der Waals surface area contributed by atoms with Gasteiger partial charge in [-0.3, -0.25) is 18.7 Å². The predicted molar refractivity (Wildman–Crippen MR) is 110 cm³/mol. The van der Waals surface area contributed by atoms with Crippen LogP contribution in [-0.2, 0) is 29.0 Å². The summed E-state index contributed by atoms with van der Waals surface area (Å²) in [7, 11) is 1.51. The normalized spacial score (nSPS) is 11.0. The van der Waals surface area contributed by atoms with Crippen LogP contribution in [0, 0.1) is 0 Å². The van der Waals surface area contributed by atoms with Gasteiger partial charge in [0.05, 0.1) is 18.7 Å². The fraction of sp³-hybridized carbons (Fsp3) is 0.350. The number of rotatable bonds is 9. The molecule has 7 nitrogen and oxygen atoms in total. The molecular weight excluding hydrogens is 378 g/mol. The van der Waals surface area contributed by atoms with Gasteiger partial charge in [0.25, 0.3) is 5.56 Å². The Morgan fingerprint density at radius 1 is 1.14 bits per heavy atom. The van der Waals surface area contributed by atoms with Crippen LogP contribution in [0.3, 0.4) is 0 Å². The van der Waals surface area contributed by atoms with E-state index < -0.39 is 5.69 Å². The van der Waals surface area contributed by atoms with Crippen LogP contribution in [-0.4, -0.2) is 35.3 Å². The van der Waals surface area contributed by atoms with Crippen LogP contribution in [0.2, 0.25) is 0 Å². The second-order valence-electron chi connectivity index (χ2n) is 6.39. The minimum Gasteiger partial charge on any atom is -0.383 e. The fourth-order valence-electron chi connectivity index (χ4n) is 3.03. The van der Waals surface area contributed by atoms with Gasteiger partial charge >= 0.3 is 5.69 Å². The van der Waals surface area contributed by atoms with Crippen molar-refractivity contribution >= 4 is 27.5 Å². The summed E-state index contributed by atoms with van der Waals surface area (Å²) in [6, 6.07) is 11.8. The Bertz CT molecular complexity index is 1050. The van der Waals surface area contributed by atoms with Crippen molar-refractivity contribution in [3.05, 3.63) is 68.2 Å². The second kappa shape index (κ2) is 9.48. The molecule has 0 saturated carbocycles. The van der Waals surface area contributed by atoms with Gasteiger partial charge in [-0.05, 0) is 29.9 Å². The first-order valence-electron chi connectivity index (χ1n) is 9.12. The van der Waals surface area contributed by atoms with E-state index in [2.05, 4.69) is 17.4 Å². The van der Waals surface area contributed by atoms with Crippen LogP contribution in [0.1, 0.15) is 12.0 Å². The highest BCUT2D eigenvalue weighted by molar-refractivity contribution is 7.17. The van der Waals surface area contributed by atoms with E-state index in [1.807, 2.05) is 18.2 Å². The third-order valence-electron chi connectivity index (χ3n) is 4.46. The van der Waals surface area contributed by atoms with Gasteiger partial charge in [-0.15, -0.1) is 11.3 Å². The summed E-state index contributed by atoms with van der Waals surface area (Å²) in [5.74, 6) is -0.250. The Labute approximate surface area is 166 Å². The first-order valence-corrected chi connectivity index (χ1v) is 10.00. The molecule has 0 unspecified atom stereocenters. The van der Waals surface area contributed by atoms with Gasteiger partial charge in [0.2, 0.25) is 5.91 Å². The zero-order valence-electron chi connectivity index (χ0n) is 15.7. The van der Waals surface area contributed by atoms with Gasteiger partial charge in [0.1, 0.15) is 11.2 Å². The van der Waals surface area contributed by atoms with Crippen molar-refractivity contribution in [3.63, 3.8) is 0 Å². The minimum atomic E-state index is -0.493. The number of nitrogens with one attached hydrogen (secondary N) is 1. The number of aromatic nitrogens is 2. The maximum Gasteiger partial charge on any atom is 0.332 e. The molecule has 1 N–H and O–H groups in total. The molecule has 2 heterocycles. The van der Waals surface area contributed by atoms with Gasteiger partial charge in [-0.25, -0.2) is 4.79 Å². The number of carbonyl (C=O) groups excluding carboxylic acids is 1. The molecule has 28 heavy (non-hydrogen) atoms. The topological polar surface area (TPSA) is 82.3 Å². The highest BCUT2D eigenvalue weighted by Crippen LogP contribution is 2.15. The Balaban J connectivity index is 1.69. The fourth-order valence-corrected chi connectivity index (χ4v) is 3.87. The van der Waals surface area contributed by atoms with Gasteiger partial charge in [-0.1, -0.05) is 30.3 Å². The van der Waals surface area contributed by atoms with Crippen molar-refractivity contribution < 1.29 is 9.53 Å². The average molecular weight is 401 g/mol. The standard InChI is InChI=1S/C20H23N3O4S/c1-27-12-11-22-19(25)18-16(9-13-28-18)23(20(22)26)14-17(24)21-10-5-8-15-6-3-2-4-7-15/h2-4,6-7,9,13H,5,8,10-12,14H2,1H3,(H,21,24). The van der Waals surface area contributed by atoms with Crippen molar-refractivity contribution in [3.8, 4) is 0 Å². The number of thiophene rings is 1. The maximum atomic E-state index is 12.8. The molecule has 0 atom stereocenters. The Kier molecular flexibility index (Phi) is 6.78. The second-order valence-corrected chi connectivity index (χ2v) is 7.31. The quantitative estimate of drug-likeness (QED) is 0.553. The lowest BCUT2D eigenvalue weighted by Gasteiger charge is -2.12. The van der Waals surface area contributed by atoms with E-state index in [9.17, 15) is 14.4 Å². The SMILES string of the molecule is COCCn1c(=O)c2sccc2n(CC(=O)NCCCc2ccccc2)c1=O. The van der Waals surface area contributed by atoms with Crippen molar-refractivity contribution in [2.75, 3.05) is 20.3 Å². The Morgan fingerprint density at radius 3 is 2.68 bits per heavy atom. The van der Waals surface area contributed by atoms with E-state index in [4.69, 9.17) is 4.74 Å². The molecule has 0 aliphatic carbocycles. The zero-order chi connectivity index (χ0) is 19.9. The molecule has 0 bridgehead atoms. The van der Waals surface area contributed by atoms with E-state index >= 15 is 0 Å². The molecule has 0 fully saturated rings. The van der Waals surface area contributed by atoms with Crippen molar-refractivity contribution in [1.82, 2.24) is 14.5 Å². The molecule has 3 rings (SSSR count). The Hall–Kier alpha value is -2.71. The number of ether oxygens (including phenoxy) is 1. The van der Waals surface area contributed by atoms with E-state index in [-0.39, 0.29) is 31.2 Å². The molecule has 2 aromatic heterocycles. The number of methoxy groups -OCH3 is 1. The van der Waals surface area contributed by atoms with E-state index in [0.717, 1.165) is 17.4 Å². The summed E-state index contributed by atoms with van der Waals surface area (Å²) in [5, 5.41) is 4.61. The smallest absolute Gasteiger partial charge is 0.332 e. The van der Waals surface area contributed by atoms with Gasteiger partial charge < -0.3 is 10.1 Å². The van der Waals surface area contributed by atoms with Crippen LogP contribution in [0.15, 0.2) is 51.4 Å². The summed E-state index contributed by atoms with van der Waals surface area (Å²) in [5.41, 5.74) is 0.880. The van der Waals surface area contributed by atoms with Crippen LogP contribution < -0.4 is 16.6 Å². The molecular formula is C20H23N3O4S. The largest absolute Gasteiger partial charge is 0.383 e. The number of amides is 1. The van der Waals surface area contributed by atoms with Gasteiger partial charge in [-0.2, -0.15) is 0 Å². The summed E-state index contributed by atoms with van der Waals surface area (Å²) in [6.45, 7) is 0.807. The maximum absolute atomic E-state index is 12.8. The molecule has 0 aliphatic rings. The molecule has 8 heteroatoms. The zero-order valence-corrected chi connectivity index (χ0v) is 16.5. The highest BCUT2D eigenvalue weighted by Gasteiger charge is 2.16. The van der Waals surface area contributed by atoms with E-state index in [1.165, 1.54) is 28.6 Å². The van der Waals surface area contributed by atoms with Crippen LogP contribution in [0.25, 0.3) is 10.2 Å².